The first-order valence-corrected chi connectivity index (χ1v) is 8.05. The van der Waals surface area contributed by atoms with Crippen LogP contribution in [-0.4, -0.2) is 12.1 Å². The van der Waals surface area contributed by atoms with Gasteiger partial charge in [0, 0.05) is 17.1 Å². The van der Waals surface area contributed by atoms with Gasteiger partial charge in [-0.3, -0.25) is 0 Å². The van der Waals surface area contributed by atoms with E-state index in [2.05, 4.69) is 31.3 Å². The maximum Gasteiger partial charge on any atom is 0.0406 e. The van der Waals surface area contributed by atoms with Crippen molar-refractivity contribution in [2.24, 2.45) is 5.92 Å². The molecule has 0 saturated heterocycles. The van der Waals surface area contributed by atoms with E-state index in [1.807, 2.05) is 12.1 Å². The lowest BCUT2D eigenvalue weighted by Crippen LogP contribution is -2.40. The fourth-order valence-corrected chi connectivity index (χ4v) is 3.37. The number of nitrogens with one attached hydrogen (secondary N) is 1. The first-order chi connectivity index (χ1) is 9.17. The van der Waals surface area contributed by atoms with E-state index >= 15 is 0 Å². The Balaban J connectivity index is 1.80. The quantitative estimate of drug-likeness (QED) is 0.814. The average molecular weight is 280 g/mol. The summed E-state index contributed by atoms with van der Waals surface area (Å²) in [6, 6.07) is 9.50. The number of hydrogen-bond acceptors (Lipinski definition) is 1. The minimum absolute atomic E-state index is 0.543. The van der Waals surface area contributed by atoms with Gasteiger partial charge in [-0.1, -0.05) is 49.9 Å². The zero-order valence-electron chi connectivity index (χ0n) is 12.2. The molecule has 1 saturated carbocycles. The number of halogens is 1. The third-order valence-corrected chi connectivity index (χ3v) is 4.59. The summed E-state index contributed by atoms with van der Waals surface area (Å²) < 4.78 is 0. The number of benzene rings is 1. The lowest BCUT2D eigenvalue weighted by Gasteiger charge is -2.31. The highest BCUT2D eigenvalue weighted by molar-refractivity contribution is 6.30. The molecule has 1 aromatic carbocycles. The summed E-state index contributed by atoms with van der Waals surface area (Å²) in [5.74, 6) is 0.939. The molecular formula is C17H26ClN. The Morgan fingerprint density at radius 3 is 2.68 bits per heavy atom. The molecule has 3 unspecified atom stereocenters. The molecule has 19 heavy (non-hydrogen) atoms. The van der Waals surface area contributed by atoms with E-state index in [4.69, 9.17) is 11.6 Å². The van der Waals surface area contributed by atoms with Crippen molar-refractivity contribution < 1.29 is 0 Å². The monoisotopic (exact) mass is 279 g/mol. The molecule has 0 radical (unpaired) electrons. The van der Waals surface area contributed by atoms with Crippen molar-refractivity contribution in [2.75, 3.05) is 0 Å². The number of hydrogen-bond donors (Lipinski definition) is 1. The van der Waals surface area contributed by atoms with Crippen molar-refractivity contribution >= 4 is 11.6 Å². The van der Waals surface area contributed by atoms with Gasteiger partial charge in [0.2, 0.25) is 0 Å². The molecule has 1 nitrogen and oxygen atoms in total. The van der Waals surface area contributed by atoms with Crippen LogP contribution in [-0.2, 0) is 6.42 Å². The van der Waals surface area contributed by atoms with Gasteiger partial charge < -0.3 is 5.32 Å². The fraction of sp³-hybridized carbons (Fsp3) is 0.647. The smallest absolute Gasteiger partial charge is 0.0406 e. The molecule has 1 N–H and O–H groups in total. The Morgan fingerprint density at radius 1 is 1.26 bits per heavy atom. The van der Waals surface area contributed by atoms with Gasteiger partial charge >= 0.3 is 0 Å². The van der Waals surface area contributed by atoms with Crippen molar-refractivity contribution in [1.82, 2.24) is 5.32 Å². The molecule has 2 rings (SSSR count). The van der Waals surface area contributed by atoms with Crippen molar-refractivity contribution in [3.8, 4) is 0 Å². The summed E-state index contributed by atoms with van der Waals surface area (Å²) in [5, 5.41) is 4.63. The van der Waals surface area contributed by atoms with Crippen LogP contribution in [0, 0.1) is 5.92 Å². The molecule has 0 aromatic heterocycles. The van der Waals surface area contributed by atoms with Crippen LogP contribution in [0.3, 0.4) is 0 Å². The number of rotatable bonds is 5. The minimum Gasteiger partial charge on any atom is -0.311 e. The SMILES string of the molecule is CCC1CCCC(NC(C)Cc2ccc(Cl)cc2)C1. The molecule has 0 bridgehead atoms. The molecule has 2 heteroatoms. The van der Waals surface area contributed by atoms with E-state index in [9.17, 15) is 0 Å². The van der Waals surface area contributed by atoms with Gasteiger partial charge in [-0.15, -0.1) is 0 Å². The molecule has 1 aliphatic carbocycles. The van der Waals surface area contributed by atoms with Gasteiger partial charge in [0.05, 0.1) is 0 Å². The third kappa shape index (κ3) is 4.81. The first-order valence-electron chi connectivity index (χ1n) is 7.68. The van der Waals surface area contributed by atoms with Gasteiger partial charge in [-0.2, -0.15) is 0 Å². The zero-order valence-corrected chi connectivity index (χ0v) is 12.9. The largest absolute Gasteiger partial charge is 0.311 e. The second-order valence-electron chi connectivity index (χ2n) is 6.04. The van der Waals surface area contributed by atoms with Crippen LogP contribution in [0.5, 0.6) is 0 Å². The normalized spacial score (nSPS) is 25.2. The highest BCUT2D eigenvalue weighted by Gasteiger charge is 2.21. The van der Waals surface area contributed by atoms with Gasteiger partial charge in [-0.05, 0) is 49.8 Å². The molecule has 0 amide bonds. The van der Waals surface area contributed by atoms with E-state index in [0.717, 1.165) is 23.4 Å². The average Bonchev–Trinajstić information content (AvgIpc) is 2.41. The Labute approximate surface area is 122 Å². The summed E-state index contributed by atoms with van der Waals surface area (Å²) in [4.78, 5) is 0. The second kappa shape index (κ2) is 7.31. The lowest BCUT2D eigenvalue weighted by molar-refractivity contribution is 0.264. The van der Waals surface area contributed by atoms with E-state index in [1.54, 1.807) is 0 Å². The van der Waals surface area contributed by atoms with Crippen LogP contribution in [0.15, 0.2) is 24.3 Å². The topological polar surface area (TPSA) is 12.0 Å². The van der Waals surface area contributed by atoms with Gasteiger partial charge in [-0.25, -0.2) is 0 Å². The molecule has 1 aromatic rings. The summed E-state index contributed by atoms with van der Waals surface area (Å²) >= 11 is 5.92. The molecule has 3 atom stereocenters. The van der Waals surface area contributed by atoms with Gasteiger partial charge in [0.1, 0.15) is 0 Å². The summed E-state index contributed by atoms with van der Waals surface area (Å²) in [6.45, 7) is 4.62. The molecule has 106 valence electrons. The molecule has 1 aliphatic rings. The standard InChI is InChI=1S/C17H26ClN/c1-3-14-5-4-6-17(12-14)19-13(2)11-15-7-9-16(18)10-8-15/h7-10,13-14,17,19H,3-6,11-12H2,1-2H3. The van der Waals surface area contributed by atoms with Crippen molar-refractivity contribution in [1.29, 1.82) is 0 Å². The van der Waals surface area contributed by atoms with Crippen LogP contribution >= 0.6 is 11.6 Å². The van der Waals surface area contributed by atoms with Crippen molar-refractivity contribution in [3.63, 3.8) is 0 Å². The Kier molecular flexibility index (Phi) is 5.72. The second-order valence-corrected chi connectivity index (χ2v) is 6.47. The lowest BCUT2D eigenvalue weighted by atomic mass is 9.84. The van der Waals surface area contributed by atoms with E-state index in [-0.39, 0.29) is 0 Å². The van der Waals surface area contributed by atoms with Crippen LogP contribution in [0.1, 0.15) is 51.5 Å². The van der Waals surface area contributed by atoms with Crippen LogP contribution in [0.4, 0.5) is 0 Å². The van der Waals surface area contributed by atoms with Crippen molar-refractivity contribution in [3.05, 3.63) is 34.9 Å². The van der Waals surface area contributed by atoms with Crippen LogP contribution < -0.4 is 5.32 Å². The first kappa shape index (κ1) is 14.9. The Bertz CT molecular complexity index is 373. The predicted molar refractivity (Wildman–Crippen MR) is 83.8 cm³/mol. The Hall–Kier alpha value is -0.530. The van der Waals surface area contributed by atoms with E-state index in [1.165, 1.54) is 37.7 Å². The molecular weight excluding hydrogens is 254 g/mol. The van der Waals surface area contributed by atoms with E-state index in [0.29, 0.717) is 6.04 Å². The van der Waals surface area contributed by atoms with E-state index < -0.39 is 0 Å². The third-order valence-electron chi connectivity index (χ3n) is 4.34. The maximum atomic E-state index is 5.92. The predicted octanol–water partition coefficient (Wildman–Crippen LogP) is 4.83. The minimum atomic E-state index is 0.543. The van der Waals surface area contributed by atoms with Crippen molar-refractivity contribution in [2.45, 2.75) is 64.5 Å². The van der Waals surface area contributed by atoms with Gasteiger partial charge in [0.25, 0.3) is 0 Å². The molecule has 0 heterocycles. The summed E-state index contributed by atoms with van der Waals surface area (Å²) in [6.07, 6.45) is 7.96. The fourth-order valence-electron chi connectivity index (χ4n) is 3.25. The molecule has 0 aliphatic heterocycles. The van der Waals surface area contributed by atoms with Gasteiger partial charge in [0.15, 0.2) is 0 Å². The van der Waals surface area contributed by atoms with Crippen LogP contribution in [0.25, 0.3) is 0 Å². The molecule has 1 fully saturated rings. The Morgan fingerprint density at radius 2 is 2.00 bits per heavy atom. The maximum absolute atomic E-state index is 5.92. The zero-order chi connectivity index (χ0) is 13.7. The highest BCUT2D eigenvalue weighted by atomic mass is 35.5. The summed E-state index contributed by atoms with van der Waals surface area (Å²) in [7, 11) is 0. The highest BCUT2D eigenvalue weighted by Crippen LogP contribution is 2.27. The summed E-state index contributed by atoms with van der Waals surface area (Å²) in [5.41, 5.74) is 1.37. The van der Waals surface area contributed by atoms with Crippen LogP contribution in [0.2, 0.25) is 5.02 Å². The molecule has 0 spiro atoms.